The highest BCUT2D eigenvalue weighted by Gasteiger charge is 2.15. The summed E-state index contributed by atoms with van der Waals surface area (Å²) in [5.41, 5.74) is 2.13. The standard InChI is InChI=1S/C25H23F2N3O4S/c1-13-14(2)35-24-22(13)23(32)29-20(30-24)10-11-21(31)28-16-6-9-19(34-25(26)27)18(12-16)15-4-7-17(33-3)8-5-15/h4-9,12,25H,10-11H2,1-3H3,(H,28,31)(H,29,30,32). The van der Waals surface area contributed by atoms with Gasteiger partial charge in [0.1, 0.15) is 22.2 Å². The van der Waals surface area contributed by atoms with E-state index >= 15 is 0 Å². The Morgan fingerprint density at radius 2 is 1.91 bits per heavy atom. The summed E-state index contributed by atoms with van der Waals surface area (Å²) in [6.07, 6.45) is 0.315. The van der Waals surface area contributed by atoms with E-state index in [1.807, 2.05) is 13.8 Å². The van der Waals surface area contributed by atoms with E-state index in [0.29, 0.717) is 38.6 Å². The van der Waals surface area contributed by atoms with Crippen LogP contribution in [0.25, 0.3) is 21.3 Å². The smallest absolute Gasteiger partial charge is 0.387 e. The minimum Gasteiger partial charge on any atom is -0.497 e. The van der Waals surface area contributed by atoms with Gasteiger partial charge in [-0.05, 0) is 55.3 Å². The number of anilines is 1. The number of hydrogen-bond acceptors (Lipinski definition) is 6. The third-order valence-electron chi connectivity index (χ3n) is 5.56. The lowest BCUT2D eigenvalue weighted by Gasteiger charge is -2.14. The van der Waals surface area contributed by atoms with Gasteiger partial charge in [0.2, 0.25) is 5.91 Å². The number of benzene rings is 2. The summed E-state index contributed by atoms with van der Waals surface area (Å²) >= 11 is 1.45. The largest absolute Gasteiger partial charge is 0.497 e. The van der Waals surface area contributed by atoms with Crippen molar-refractivity contribution in [2.24, 2.45) is 0 Å². The molecule has 0 spiro atoms. The van der Waals surface area contributed by atoms with Gasteiger partial charge in [0.15, 0.2) is 0 Å². The zero-order chi connectivity index (χ0) is 25.1. The second-order valence-electron chi connectivity index (χ2n) is 7.84. The average Bonchev–Trinajstić information content (AvgIpc) is 3.12. The molecule has 4 aromatic rings. The molecule has 0 aliphatic carbocycles. The first kappa shape index (κ1) is 24.3. The molecule has 0 radical (unpaired) electrons. The summed E-state index contributed by atoms with van der Waals surface area (Å²) in [5.74, 6) is 0.722. The van der Waals surface area contributed by atoms with Crippen molar-refractivity contribution in [2.75, 3.05) is 12.4 Å². The number of aromatic amines is 1. The van der Waals surface area contributed by atoms with Crippen molar-refractivity contribution >= 4 is 33.1 Å². The molecule has 0 unspecified atom stereocenters. The molecule has 0 aliphatic rings. The Morgan fingerprint density at radius 1 is 1.17 bits per heavy atom. The molecule has 0 saturated carbocycles. The monoisotopic (exact) mass is 499 g/mol. The van der Waals surface area contributed by atoms with Gasteiger partial charge < -0.3 is 19.8 Å². The van der Waals surface area contributed by atoms with Crippen LogP contribution >= 0.6 is 11.3 Å². The van der Waals surface area contributed by atoms with E-state index in [9.17, 15) is 18.4 Å². The number of nitrogens with one attached hydrogen (secondary N) is 2. The number of halogens is 2. The van der Waals surface area contributed by atoms with Gasteiger partial charge in [-0.2, -0.15) is 8.78 Å². The average molecular weight is 500 g/mol. The number of carbonyl (C=O) groups excluding carboxylic acids is 1. The van der Waals surface area contributed by atoms with Crippen LogP contribution in [0.5, 0.6) is 11.5 Å². The molecule has 182 valence electrons. The maximum absolute atomic E-state index is 12.9. The van der Waals surface area contributed by atoms with Crippen molar-refractivity contribution in [3.8, 4) is 22.6 Å². The number of rotatable bonds is 8. The fourth-order valence-corrected chi connectivity index (χ4v) is 4.72. The second-order valence-corrected chi connectivity index (χ2v) is 9.05. The Kier molecular flexibility index (Phi) is 7.11. The lowest BCUT2D eigenvalue weighted by atomic mass is 10.0. The number of aryl methyl sites for hydroxylation is 3. The van der Waals surface area contributed by atoms with Gasteiger partial charge >= 0.3 is 6.61 Å². The van der Waals surface area contributed by atoms with E-state index in [1.54, 1.807) is 30.3 Å². The van der Waals surface area contributed by atoms with Crippen molar-refractivity contribution in [3.63, 3.8) is 0 Å². The predicted molar refractivity (Wildman–Crippen MR) is 132 cm³/mol. The zero-order valence-electron chi connectivity index (χ0n) is 19.3. The van der Waals surface area contributed by atoms with E-state index in [-0.39, 0.29) is 30.1 Å². The summed E-state index contributed by atoms with van der Waals surface area (Å²) in [7, 11) is 1.53. The fraction of sp³-hybridized carbons (Fsp3) is 0.240. The van der Waals surface area contributed by atoms with E-state index in [1.165, 1.54) is 30.6 Å². The Labute approximate surface area is 203 Å². The van der Waals surface area contributed by atoms with Crippen LogP contribution in [0.1, 0.15) is 22.7 Å². The third kappa shape index (κ3) is 5.48. The second kappa shape index (κ2) is 10.2. The molecule has 4 rings (SSSR count). The number of ether oxygens (including phenoxy) is 2. The van der Waals surface area contributed by atoms with E-state index < -0.39 is 6.61 Å². The molecule has 2 aromatic heterocycles. The summed E-state index contributed by atoms with van der Waals surface area (Å²) < 4.78 is 35.6. The van der Waals surface area contributed by atoms with Gasteiger partial charge in [0.25, 0.3) is 5.56 Å². The minimum absolute atomic E-state index is 0.0141. The van der Waals surface area contributed by atoms with Gasteiger partial charge in [0, 0.05) is 29.0 Å². The molecule has 0 bridgehead atoms. The highest BCUT2D eigenvalue weighted by atomic mass is 32.1. The summed E-state index contributed by atoms with van der Waals surface area (Å²) in [4.78, 5) is 33.9. The van der Waals surface area contributed by atoms with E-state index in [4.69, 9.17) is 4.74 Å². The number of hydrogen-bond donors (Lipinski definition) is 2. The molecule has 35 heavy (non-hydrogen) atoms. The van der Waals surface area contributed by atoms with Crippen LogP contribution in [0.2, 0.25) is 0 Å². The first-order valence-electron chi connectivity index (χ1n) is 10.8. The van der Waals surface area contributed by atoms with Crippen molar-refractivity contribution in [3.05, 3.63) is 69.1 Å². The Morgan fingerprint density at radius 3 is 2.60 bits per heavy atom. The van der Waals surface area contributed by atoms with Gasteiger partial charge in [-0.3, -0.25) is 9.59 Å². The van der Waals surface area contributed by atoms with Crippen LogP contribution in [-0.4, -0.2) is 29.6 Å². The number of methoxy groups -OCH3 is 1. The third-order valence-corrected chi connectivity index (χ3v) is 6.66. The van der Waals surface area contributed by atoms with Crippen molar-refractivity contribution in [1.29, 1.82) is 0 Å². The molecular weight excluding hydrogens is 476 g/mol. The molecule has 0 saturated heterocycles. The highest BCUT2D eigenvalue weighted by molar-refractivity contribution is 7.18. The van der Waals surface area contributed by atoms with Crippen LogP contribution in [0.15, 0.2) is 47.3 Å². The van der Waals surface area contributed by atoms with Crippen molar-refractivity contribution in [1.82, 2.24) is 9.97 Å². The molecule has 2 aromatic carbocycles. The van der Waals surface area contributed by atoms with E-state index in [2.05, 4.69) is 20.0 Å². The molecule has 0 fully saturated rings. The number of aromatic nitrogens is 2. The molecule has 0 aliphatic heterocycles. The fourth-order valence-electron chi connectivity index (χ4n) is 3.68. The van der Waals surface area contributed by atoms with Crippen LogP contribution in [0.4, 0.5) is 14.5 Å². The maximum Gasteiger partial charge on any atom is 0.387 e. The number of fused-ring (bicyclic) bond motifs is 1. The van der Waals surface area contributed by atoms with Crippen LogP contribution < -0.4 is 20.3 Å². The molecule has 2 heterocycles. The van der Waals surface area contributed by atoms with Gasteiger partial charge in [-0.1, -0.05) is 12.1 Å². The normalized spacial score (nSPS) is 11.1. The highest BCUT2D eigenvalue weighted by Crippen LogP contribution is 2.34. The van der Waals surface area contributed by atoms with Crippen molar-refractivity contribution in [2.45, 2.75) is 33.3 Å². The quantitative estimate of drug-likeness (QED) is 0.336. The van der Waals surface area contributed by atoms with Crippen LogP contribution in [0.3, 0.4) is 0 Å². The van der Waals surface area contributed by atoms with Gasteiger partial charge in [0.05, 0.1) is 12.5 Å². The number of amides is 1. The SMILES string of the molecule is COc1ccc(-c2cc(NC(=O)CCc3nc4sc(C)c(C)c4c(=O)[nH]3)ccc2OC(F)F)cc1. The van der Waals surface area contributed by atoms with Crippen LogP contribution in [-0.2, 0) is 11.2 Å². The number of nitrogens with zero attached hydrogens (tertiary/aromatic N) is 1. The number of thiophene rings is 1. The van der Waals surface area contributed by atoms with Crippen LogP contribution in [0, 0.1) is 13.8 Å². The predicted octanol–water partition coefficient (Wildman–Crippen LogP) is 5.45. The van der Waals surface area contributed by atoms with Gasteiger partial charge in [-0.25, -0.2) is 4.98 Å². The lowest BCUT2D eigenvalue weighted by Crippen LogP contribution is -2.16. The Hall–Kier alpha value is -3.79. The number of H-pyrrole nitrogens is 1. The topological polar surface area (TPSA) is 93.3 Å². The van der Waals surface area contributed by atoms with E-state index in [0.717, 1.165) is 10.4 Å². The first-order valence-corrected chi connectivity index (χ1v) is 11.6. The molecule has 2 N–H and O–H groups in total. The summed E-state index contributed by atoms with van der Waals surface area (Å²) in [6.45, 7) is 0.831. The molecular formula is C25H23F2N3O4S. The maximum atomic E-state index is 12.9. The first-order chi connectivity index (χ1) is 16.7. The van der Waals surface area contributed by atoms with Crippen molar-refractivity contribution < 1.29 is 23.0 Å². The number of alkyl halides is 2. The minimum atomic E-state index is -2.99. The summed E-state index contributed by atoms with van der Waals surface area (Å²) in [6, 6.07) is 11.3. The lowest BCUT2D eigenvalue weighted by molar-refractivity contribution is -0.116. The molecule has 10 heteroatoms. The molecule has 0 atom stereocenters. The van der Waals surface area contributed by atoms with Gasteiger partial charge in [-0.15, -0.1) is 11.3 Å². The number of carbonyl (C=O) groups is 1. The molecule has 7 nitrogen and oxygen atoms in total. The zero-order valence-corrected chi connectivity index (χ0v) is 20.1. The Balaban J connectivity index is 1.50. The molecule has 1 amide bonds. The summed E-state index contributed by atoms with van der Waals surface area (Å²) in [5, 5.41) is 3.35. The Bertz CT molecular complexity index is 1430.